The lowest BCUT2D eigenvalue weighted by Gasteiger charge is -2.22. The van der Waals surface area contributed by atoms with Crippen molar-refractivity contribution in [2.75, 3.05) is 52.4 Å². The molecule has 5 nitrogen and oxygen atoms in total. The Bertz CT molecular complexity index is 563. The summed E-state index contributed by atoms with van der Waals surface area (Å²) in [5.74, 6) is 1.69. The standard InChI is InChI=1S/C22H36N4O.HI/c1-2-23-22(24-12-8-15-25-13-6-7-14-25)26-16-11-21(17-26)19-27-18-20-9-4-3-5-10-20;/h3-5,9-10,21H,2,6-8,11-19H2,1H3,(H,23,24);1H. The van der Waals surface area contributed by atoms with Crippen LogP contribution >= 0.6 is 24.0 Å². The van der Waals surface area contributed by atoms with E-state index in [4.69, 9.17) is 9.73 Å². The molecule has 0 amide bonds. The van der Waals surface area contributed by atoms with Gasteiger partial charge in [-0.3, -0.25) is 4.99 Å². The number of likely N-dealkylation sites (tertiary alicyclic amines) is 2. The van der Waals surface area contributed by atoms with Crippen molar-refractivity contribution < 1.29 is 4.74 Å². The smallest absolute Gasteiger partial charge is 0.193 e. The second kappa shape index (κ2) is 13.4. The number of halogens is 1. The number of guanidine groups is 1. The van der Waals surface area contributed by atoms with Gasteiger partial charge < -0.3 is 19.9 Å². The zero-order valence-corrected chi connectivity index (χ0v) is 19.6. The fourth-order valence-corrected chi connectivity index (χ4v) is 3.99. The van der Waals surface area contributed by atoms with E-state index in [-0.39, 0.29) is 24.0 Å². The summed E-state index contributed by atoms with van der Waals surface area (Å²) in [7, 11) is 0. The van der Waals surface area contributed by atoms with Crippen LogP contribution in [0.3, 0.4) is 0 Å². The number of nitrogens with zero attached hydrogens (tertiary/aromatic N) is 3. The lowest BCUT2D eigenvalue weighted by atomic mass is 10.1. The van der Waals surface area contributed by atoms with Gasteiger partial charge in [0.25, 0.3) is 0 Å². The van der Waals surface area contributed by atoms with Crippen molar-refractivity contribution >= 4 is 29.9 Å². The molecule has 1 unspecified atom stereocenters. The Morgan fingerprint density at radius 2 is 1.96 bits per heavy atom. The molecule has 2 aliphatic heterocycles. The van der Waals surface area contributed by atoms with Crippen molar-refractivity contribution in [1.29, 1.82) is 0 Å². The topological polar surface area (TPSA) is 40.1 Å². The molecule has 0 saturated carbocycles. The first kappa shape index (κ1) is 23.4. The van der Waals surface area contributed by atoms with Gasteiger partial charge in [-0.25, -0.2) is 0 Å². The molecular weight excluding hydrogens is 463 g/mol. The Morgan fingerprint density at radius 1 is 1.18 bits per heavy atom. The molecule has 2 fully saturated rings. The molecule has 1 aromatic rings. The molecule has 2 aliphatic rings. The first-order valence-corrected chi connectivity index (χ1v) is 10.7. The molecule has 1 N–H and O–H groups in total. The van der Waals surface area contributed by atoms with E-state index in [9.17, 15) is 0 Å². The highest BCUT2D eigenvalue weighted by atomic mass is 127. The van der Waals surface area contributed by atoms with Crippen LogP contribution < -0.4 is 5.32 Å². The second-order valence-electron chi connectivity index (χ2n) is 7.74. The molecule has 2 heterocycles. The van der Waals surface area contributed by atoms with Gasteiger partial charge in [-0.15, -0.1) is 24.0 Å². The normalized spacial score (nSPS) is 20.4. The number of rotatable bonds is 9. The summed E-state index contributed by atoms with van der Waals surface area (Å²) in [4.78, 5) is 9.86. The molecule has 0 aliphatic carbocycles. The zero-order valence-electron chi connectivity index (χ0n) is 17.3. The third kappa shape index (κ3) is 7.87. The van der Waals surface area contributed by atoms with Crippen LogP contribution in [0.4, 0.5) is 0 Å². The van der Waals surface area contributed by atoms with Gasteiger partial charge in [-0.1, -0.05) is 30.3 Å². The predicted octanol–water partition coefficient (Wildman–Crippen LogP) is 3.59. The predicted molar refractivity (Wildman–Crippen MR) is 127 cm³/mol. The summed E-state index contributed by atoms with van der Waals surface area (Å²) < 4.78 is 5.95. The summed E-state index contributed by atoms with van der Waals surface area (Å²) in [6.45, 7) is 11.4. The van der Waals surface area contributed by atoms with Crippen molar-refractivity contribution in [3.05, 3.63) is 35.9 Å². The largest absolute Gasteiger partial charge is 0.376 e. The first-order chi connectivity index (χ1) is 13.3. The summed E-state index contributed by atoms with van der Waals surface area (Å²) >= 11 is 0. The molecule has 0 spiro atoms. The summed E-state index contributed by atoms with van der Waals surface area (Å²) in [6, 6.07) is 10.4. The average molecular weight is 500 g/mol. The molecule has 28 heavy (non-hydrogen) atoms. The van der Waals surface area contributed by atoms with E-state index < -0.39 is 0 Å². The maximum absolute atomic E-state index is 5.95. The Labute approximate surface area is 187 Å². The Hall–Kier alpha value is -0.860. The second-order valence-corrected chi connectivity index (χ2v) is 7.74. The fraction of sp³-hybridized carbons (Fsp3) is 0.682. The fourth-order valence-electron chi connectivity index (χ4n) is 3.99. The maximum atomic E-state index is 5.95. The minimum atomic E-state index is 0. The van der Waals surface area contributed by atoms with E-state index in [0.717, 1.165) is 45.2 Å². The summed E-state index contributed by atoms with van der Waals surface area (Å²) in [6.07, 6.45) is 5.08. The van der Waals surface area contributed by atoms with Gasteiger partial charge >= 0.3 is 0 Å². The highest BCUT2D eigenvalue weighted by Crippen LogP contribution is 2.17. The van der Waals surface area contributed by atoms with Gasteiger partial charge in [0.15, 0.2) is 5.96 Å². The van der Waals surface area contributed by atoms with E-state index in [1.54, 1.807) is 0 Å². The van der Waals surface area contributed by atoms with E-state index in [1.807, 2.05) is 6.07 Å². The highest BCUT2D eigenvalue weighted by molar-refractivity contribution is 14.0. The van der Waals surface area contributed by atoms with Gasteiger partial charge in [-0.05, 0) is 57.8 Å². The number of hydrogen-bond donors (Lipinski definition) is 1. The van der Waals surface area contributed by atoms with E-state index in [1.165, 1.54) is 44.5 Å². The molecule has 0 bridgehead atoms. The molecule has 0 radical (unpaired) electrons. The van der Waals surface area contributed by atoms with Crippen LogP contribution in [0.25, 0.3) is 0 Å². The van der Waals surface area contributed by atoms with Crippen LogP contribution in [0, 0.1) is 5.92 Å². The molecular formula is C22H37IN4O. The molecule has 2 saturated heterocycles. The molecule has 0 aromatic heterocycles. The molecule has 3 rings (SSSR count). The van der Waals surface area contributed by atoms with Crippen molar-refractivity contribution in [2.24, 2.45) is 10.9 Å². The van der Waals surface area contributed by atoms with Crippen molar-refractivity contribution in [1.82, 2.24) is 15.1 Å². The highest BCUT2D eigenvalue weighted by Gasteiger charge is 2.25. The van der Waals surface area contributed by atoms with Gasteiger partial charge in [0.2, 0.25) is 0 Å². The summed E-state index contributed by atoms with van der Waals surface area (Å²) in [5.41, 5.74) is 1.25. The quantitative estimate of drug-likeness (QED) is 0.244. The molecule has 1 aromatic carbocycles. The van der Waals surface area contributed by atoms with Gasteiger partial charge in [-0.2, -0.15) is 0 Å². The lowest BCUT2D eigenvalue weighted by molar-refractivity contribution is 0.0907. The average Bonchev–Trinajstić information content (AvgIpc) is 3.37. The zero-order chi connectivity index (χ0) is 18.7. The van der Waals surface area contributed by atoms with Crippen LogP contribution in [-0.4, -0.2) is 68.2 Å². The minimum absolute atomic E-state index is 0. The SMILES string of the molecule is CCNC(=NCCCN1CCCC1)N1CCC(COCc2ccccc2)C1.I. The van der Waals surface area contributed by atoms with Crippen LogP contribution in [0.2, 0.25) is 0 Å². The summed E-state index contributed by atoms with van der Waals surface area (Å²) in [5, 5.41) is 3.48. The van der Waals surface area contributed by atoms with Crippen LogP contribution in [-0.2, 0) is 11.3 Å². The van der Waals surface area contributed by atoms with Crippen molar-refractivity contribution in [3.63, 3.8) is 0 Å². The third-order valence-corrected chi connectivity index (χ3v) is 5.48. The van der Waals surface area contributed by atoms with E-state index >= 15 is 0 Å². The lowest BCUT2D eigenvalue weighted by Crippen LogP contribution is -2.40. The number of ether oxygens (including phenoxy) is 1. The first-order valence-electron chi connectivity index (χ1n) is 10.7. The van der Waals surface area contributed by atoms with Crippen LogP contribution in [0.1, 0.15) is 38.2 Å². The number of benzene rings is 1. The number of nitrogens with one attached hydrogen (secondary N) is 1. The maximum Gasteiger partial charge on any atom is 0.193 e. The Morgan fingerprint density at radius 3 is 2.71 bits per heavy atom. The molecule has 158 valence electrons. The van der Waals surface area contributed by atoms with Crippen molar-refractivity contribution in [2.45, 2.75) is 39.2 Å². The van der Waals surface area contributed by atoms with Crippen molar-refractivity contribution in [3.8, 4) is 0 Å². The Balaban J connectivity index is 0.00000280. The number of hydrogen-bond acceptors (Lipinski definition) is 3. The number of aliphatic imine (C=N–C) groups is 1. The van der Waals surface area contributed by atoms with E-state index in [2.05, 4.69) is 46.3 Å². The Kier molecular flexibility index (Phi) is 11.2. The van der Waals surface area contributed by atoms with Gasteiger partial charge in [0, 0.05) is 32.1 Å². The third-order valence-electron chi connectivity index (χ3n) is 5.48. The van der Waals surface area contributed by atoms with Crippen LogP contribution in [0.15, 0.2) is 35.3 Å². The van der Waals surface area contributed by atoms with Gasteiger partial charge in [0.1, 0.15) is 0 Å². The monoisotopic (exact) mass is 500 g/mol. The molecule has 6 heteroatoms. The molecule has 1 atom stereocenters. The van der Waals surface area contributed by atoms with Gasteiger partial charge in [0.05, 0.1) is 13.2 Å². The van der Waals surface area contributed by atoms with E-state index in [0.29, 0.717) is 12.5 Å². The van der Waals surface area contributed by atoms with Crippen LogP contribution in [0.5, 0.6) is 0 Å². The minimum Gasteiger partial charge on any atom is -0.376 e.